The fraction of sp³-hybridized carbons (Fsp3) is 0. The number of para-hydroxylation sites is 2. The van der Waals surface area contributed by atoms with Crippen LogP contribution in [0.4, 0.5) is 21.5 Å². The van der Waals surface area contributed by atoms with E-state index in [1.807, 2.05) is 0 Å². The number of rotatable bonds is 6. The van der Waals surface area contributed by atoms with Crippen molar-refractivity contribution in [1.29, 1.82) is 0 Å². The van der Waals surface area contributed by atoms with Crippen LogP contribution in [0, 0.1) is 15.9 Å². The Morgan fingerprint density at radius 1 is 0.897 bits per heavy atom. The van der Waals surface area contributed by atoms with Gasteiger partial charge in [-0.1, -0.05) is 12.1 Å². The lowest BCUT2D eigenvalue weighted by atomic mass is 10.2. The molecule has 148 valence electrons. The van der Waals surface area contributed by atoms with E-state index in [0.29, 0.717) is 0 Å². The minimum absolute atomic E-state index is 0.104. The van der Waals surface area contributed by atoms with Crippen molar-refractivity contribution in [3.8, 4) is 0 Å². The van der Waals surface area contributed by atoms with Crippen molar-refractivity contribution in [2.75, 3.05) is 10.0 Å². The highest BCUT2D eigenvalue weighted by Crippen LogP contribution is 2.25. The average Bonchev–Trinajstić information content (AvgIpc) is 2.69. The fourth-order valence-electron chi connectivity index (χ4n) is 2.43. The van der Waals surface area contributed by atoms with E-state index in [-0.39, 0.29) is 27.5 Å². The average molecular weight is 415 g/mol. The number of nitro benzene ring substituents is 1. The number of anilines is 2. The van der Waals surface area contributed by atoms with Crippen LogP contribution in [0.15, 0.2) is 77.7 Å². The maximum Gasteiger partial charge on any atom is 0.269 e. The van der Waals surface area contributed by atoms with E-state index in [1.54, 1.807) is 12.1 Å². The van der Waals surface area contributed by atoms with Crippen molar-refractivity contribution in [2.45, 2.75) is 4.90 Å². The Labute approximate surface area is 165 Å². The van der Waals surface area contributed by atoms with Gasteiger partial charge in [0, 0.05) is 17.7 Å². The molecule has 0 spiro atoms. The normalized spacial score (nSPS) is 10.9. The molecule has 0 aliphatic carbocycles. The van der Waals surface area contributed by atoms with Gasteiger partial charge in [0.15, 0.2) is 0 Å². The maximum absolute atomic E-state index is 13.0. The number of non-ortho nitro benzene ring substituents is 1. The molecule has 0 aliphatic heterocycles. The number of benzene rings is 3. The number of amides is 1. The third-order valence-electron chi connectivity index (χ3n) is 3.88. The van der Waals surface area contributed by atoms with Gasteiger partial charge in [0.05, 0.1) is 21.2 Å². The standard InChI is InChI=1S/C19H14FN3O5S/c20-14-7-11-16(12-8-14)29(27,28)22-18-4-2-1-3-17(18)21-19(24)13-5-9-15(10-6-13)23(25)26/h1-12,22H,(H,21,24). The first-order valence-electron chi connectivity index (χ1n) is 8.19. The van der Waals surface area contributed by atoms with Crippen LogP contribution in [-0.2, 0) is 10.0 Å². The summed E-state index contributed by atoms with van der Waals surface area (Å²) in [5.41, 5.74) is 0.287. The van der Waals surface area contributed by atoms with Crippen LogP contribution in [0.3, 0.4) is 0 Å². The van der Waals surface area contributed by atoms with Gasteiger partial charge in [0.2, 0.25) is 0 Å². The van der Waals surface area contributed by atoms with Crippen molar-refractivity contribution in [1.82, 2.24) is 0 Å². The number of sulfonamides is 1. The summed E-state index contributed by atoms with van der Waals surface area (Å²) in [7, 11) is -4.01. The van der Waals surface area contributed by atoms with E-state index < -0.39 is 26.7 Å². The molecule has 0 radical (unpaired) electrons. The van der Waals surface area contributed by atoms with E-state index in [0.717, 1.165) is 24.3 Å². The van der Waals surface area contributed by atoms with Crippen LogP contribution in [0.5, 0.6) is 0 Å². The first-order valence-corrected chi connectivity index (χ1v) is 9.68. The predicted molar refractivity (Wildman–Crippen MR) is 105 cm³/mol. The van der Waals surface area contributed by atoms with E-state index in [1.165, 1.54) is 36.4 Å². The van der Waals surface area contributed by atoms with Gasteiger partial charge in [-0.3, -0.25) is 19.6 Å². The third-order valence-corrected chi connectivity index (χ3v) is 5.27. The lowest BCUT2D eigenvalue weighted by Gasteiger charge is -2.13. The molecule has 0 fully saturated rings. The lowest BCUT2D eigenvalue weighted by Crippen LogP contribution is -2.17. The highest BCUT2D eigenvalue weighted by atomic mass is 32.2. The van der Waals surface area contributed by atoms with E-state index in [4.69, 9.17) is 0 Å². The third kappa shape index (κ3) is 4.74. The summed E-state index contributed by atoms with van der Waals surface area (Å²) in [5.74, 6) is -1.15. The van der Waals surface area contributed by atoms with Crippen molar-refractivity contribution in [2.24, 2.45) is 0 Å². The van der Waals surface area contributed by atoms with Crippen molar-refractivity contribution >= 4 is 33.0 Å². The Hall–Kier alpha value is -3.79. The second-order valence-electron chi connectivity index (χ2n) is 5.86. The molecule has 0 saturated carbocycles. The maximum atomic E-state index is 13.0. The molecular formula is C19H14FN3O5S. The number of hydrogen-bond donors (Lipinski definition) is 2. The Bertz CT molecular complexity index is 1160. The summed E-state index contributed by atoms with van der Waals surface area (Å²) in [6.45, 7) is 0. The Kier molecular flexibility index (Phi) is 5.55. The van der Waals surface area contributed by atoms with Crippen LogP contribution in [0.1, 0.15) is 10.4 Å². The zero-order valence-electron chi connectivity index (χ0n) is 14.7. The summed E-state index contributed by atoms with van der Waals surface area (Å²) < 4.78 is 40.4. The molecule has 0 aliphatic rings. The van der Waals surface area contributed by atoms with Crippen LogP contribution >= 0.6 is 0 Å². The number of hydrogen-bond acceptors (Lipinski definition) is 5. The van der Waals surface area contributed by atoms with Crippen molar-refractivity contribution in [3.05, 3.63) is 94.3 Å². The monoisotopic (exact) mass is 415 g/mol. The first kappa shape index (κ1) is 20.0. The zero-order chi connectivity index (χ0) is 21.0. The van der Waals surface area contributed by atoms with Gasteiger partial charge in [-0.25, -0.2) is 12.8 Å². The molecular weight excluding hydrogens is 401 g/mol. The SMILES string of the molecule is O=C(Nc1ccccc1NS(=O)(=O)c1ccc(F)cc1)c1ccc([N+](=O)[O-])cc1. The van der Waals surface area contributed by atoms with E-state index >= 15 is 0 Å². The van der Waals surface area contributed by atoms with Gasteiger partial charge in [0.25, 0.3) is 21.6 Å². The minimum Gasteiger partial charge on any atom is -0.320 e. The van der Waals surface area contributed by atoms with Crippen LogP contribution in [-0.4, -0.2) is 19.2 Å². The smallest absolute Gasteiger partial charge is 0.269 e. The number of carbonyl (C=O) groups excluding carboxylic acids is 1. The number of halogens is 1. The number of nitro groups is 1. The summed E-state index contributed by atoms with van der Waals surface area (Å²) in [4.78, 5) is 22.4. The largest absolute Gasteiger partial charge is 0.320 e. The molecule has 0 unspecified atom stereocenters. The van der Waals surface area contributed by atoms with Gasteiger partial charge in [-0.05, 0) is 48.5 Å². The topological polar surface area (TPSA) is 118 Å². The van der Waals surface area contributed by atoms with E-state index in [9.17, 15) is 27.7 Å². The number of carbonyl (C=O) groups is 1. The van der Waals surface area contributed by atoms with Crippen molar-refractivity contribution in [3.63, 3.8) is 0 Å². The molecule has 2 N–H and O–H groups in total. The molecule has 3 aromatic rings. The first-order chi connectivity index (χ1) is 13.8. The lowest BCUT2D eigenvalue weighted by molar-refractivity contribution is -0.384. The van der Waals surface area contributed by atoms with Gasteiger partial charge in [-0.2, -0.15) is 0 Å². The Balaban J connectivity index is 1.82. The summed E-state index contributed by atoms with van der Waals surface area (Å²) in [6, 6.07) is 15.4. The summed E-state index contributed by atoms with van der Waals surface area (Å²) >= 11 is 0. The second kappa shape index (κ2) is 8.07. The highest BCUT2D eigenvalue weighted by Gasteiger charge is 2.17. The molecule has 0 atom stereocenters. The second-order valence-corrected chi connectivity index (χ2v) is 7.55. The van der Waals surface area contributed by atoms with Crippen LogP contribution < -0.4 is 10.0 Å². The molecule has 3 aromatic carbocycles. The molecule has 29 heavy (non-hydrogen) atoms. The predicted octanol–water partition coefficient (Wildman–Crippen LogP) is 3.79. The minimum atomic E-state index is -4.01. The van der Waals surface area contributed by atoms with Gasteiger partial charge in [-0.15, -0.1) is 0 Å². The Morgan fingerprint density at radius 3 is 2.07 bits per heavy atom. The molecule has 0 bridgehead atoms. The zero-order valence-corrected chi connectivity index (χ0v) is 15.5. The van der Waals surface area contributed by atoms with E-state index in [2.05, 4.69) is 10.0 Å². The molecule has 0 saturated heterocycles. The van der Waals surface area contributed by atoms with Gasteiger partial charge in [0.1, 0.15) is 5.82 Å². The number of nitrogens with one attached hydrogen (secondary N) is 2. The highest BCUT2D eigenvalue weighted by molar-refractivity contribution is 7.92. The van der Waals surface area contributed by atoms with Crippen molar-refractivity contribution < 1.29 is 22.5 Å². The quantitative estimate of drug-likeness (QED) is 0.469. The summed E-state index contributed by atoms with van der Waals surface area (Å²) in [6.07, 6.45) is 0. The van der Waals surface area contributed by atoms with Gasteiger partial charge >= 0.3 is 0 Å². The molecule has 8 nitrogen and oxygen atoms in total. The van der Waals surface area contributed by atoms with Crippen LogP contribution in [0.25, 0.3) is 0 Å². The number of nitrogens with zero attached hydrogens (tertiary/aromatic N) is 1. The molecule has 1 amide bonds. The summed E-state index contributed by atoms with van der Waals surface area (Å²) in [5, 5.41) is 13.3. The van der Waals surface area contributed by atoms with Crippen LogP contribution in [0.2, 0.25) is 0 Å². The molecule has 0 heterocycles. The molecule has 0 aromatic heterocycles. The molecule has 3 rings (SSSR count). The fourth-order valence-corrected chi connectivity index (χ4v) is 3.51. The van der Waals surface area contributed by atoms with Gasteiger partial charge < -0.3 is 5.32 Å². The Morgan fingerprint density at radius 2 is 1.48 bits per heavy atom. The molecule has 10 heteroatoms.